The van der Waals surface area contributed by atoms with Crippen LogP contribution in [0.3, 0.4) is 0 Å². The number of hydrogen-bond donors (Lipinski definition) is 1. The van der Waals surface area contributed by atoms with Crippen LogP contribution in [0.15, 0.2) is 54.7 Å². The number of non-ortho nitro benzene ring substituents is 1. The SMILES string of the molecule is O=[N+]([O-])c1ccc(-c2cn3c(=S)nc4ccccc4c3[nH]2)cc1. The lowest BCUT2D eigenvalue weighted by atomic mass is 10.1. The Morgan fingerprint density at radius 2 is 1.87 bits per heavy atom. The molecule has 7 heteroatoms. The second-order valence-electron chi connectivity index (χ2n) is 5.10. The molecule has 4 rings (SSSR count). The van der Waals surface area contributed by atoms with E-state index in [0.717, 1.165) is 27.8 Å². The molecular formula is C16H10N4O2S. The molecule has 0 aliphatic heterocycles. The van der Waals surface area contributed by atoms with Crippen LogP contribution < -0.4 is 0 Å². The summed E-state index contributed by atoms with van der Waals surface area (Å²) < 4.78 is 2.28. The highest BCUT2D eigenvalue weighted by Gasteiger charge is 2.10. The third-order valence-corrected chi connectivity index (χ3v) is 4.01. The van der Waals surface area contributed by atoms with Gasteiger partial charge in [-0.05, 0) is 42.0 Å². The Morgan fingerprint density at radius 3 is 2.61 bits per heavy atom. The number of rotatable bonds is 2. The molecule has 0 atom stereocenters. The van der Waals surface area contributed by atoms with E-state index in [1.807, 2.05) is 34.9 Å². The van der Waals surface area contributed by atoms with Crippen molar-refractivity contribution in [3.63, 3.8) is 0 Å². The fraction of sp³-hybridized carbons (Fsp3) is 0. The number of imidazole rings is 1. The van der Waals surface area contributed by atoms with Gasteiger partial charge in [0.25, 0.3) is 5.69 Å². The van der Waals surface area contributed by atoms with Gasteiger partial charge in [-0.1, -0.05) is 12.1 Å². The molecule has 2 aromatic carbocycles. The summed E-state index contributed by atoms with van der Waals surface area (Å²) in [6, 6.07) is 14.1. The predicted octanol–water partition coefficient (Wildman–Crippen LogP) is 4.12. The van der Waals surface area contributed by atoms with E-state index >= 15 is 0 Å². The van der Waals surface area contributed by atoms with Crippen molar-refractivity contribution < 1.29 is 4.92 Å². The summed E-state index contributed by atoms with van der Waals surface area (Å²) in [5.41, 5.74) is 3.42. The number of hydrogen-bond acceptors (Lipinski definition) is 4. The zero-order valence-electron chi connectivity index (χ0n) is 11.8. The van der Waals surface area contributed by atoms with Crippen LogP contribution in [0.4, 0.5) is 5.69 Å². The average Bonchev–Trinajstić information content (AvgIpc) is 3.01. The lowest BCUT2D eigenvalue weighted by Crippen LogP contribution is -1.91. The summed E-state index contributed by atoms with van der Waals surface area (Å²) in [5, 5.41) is 11.7. The first kappa shape index (κ1) is 13.6. The number of fused-ring (bicyclic) bond motifs is 3. The van der Waals surface area contributed by atoms with Crippen molar-refractivity contribution in [1.82, 2.24) is 14.4 Å². The van der Waals surface area contributed by atoms with Crippen molar-refractivity contribution in [1.29, 1.82) is 0 Å². The van der Waals surface area contributed by atoms with Gasteiger partial charge in [0.1, 0.15) is 5.65 Å². The Hall–Kier alpha value is -3.06. The minimum Gasteiger partial charge on any atom is -0.339 e. The molecule has 0 aliphatic rings. The van der Waals surface area contributed by atoms with Crippen LogP contribution in [-0.2, 0) is 0 Å². The second kappa shape index (κ2) is 4.99. The van der Waals surface area contributed by atoms with E-state index in [1.54, 1.807) is 12.1 Å². The molecule has 0 spiro atoms. The predicted molar refractivity (Wildman–Crippen MR) is 90.0 cm³/mol. The number of nitrogens with one attached hydrogen (secondary N) is 1. The molecule has 2 heterocycles. The van der Waals surface area contributed by atoms with Crippen LogP contribution >= 0.6 is 12.2 Å². The Labute approximate surface area is 135 Å². The summed E-state index contributed by atoms with van der Waals surface area (Å²) in [7, 11) is 0. The summed E-state index contributed by atoms with van der Waals surface area (Å²) in [5.74, 6) is 0. The van der Waals surface area contributed by atoms with Crippen molar-refractivity contribution in [2.75, 3.05) is 0 Å². The standard InChI is InChI=1S/C16H10N4O2S/c21-20(22)11-7-5-10(6-8-11)14-9-19-15(17-14)12-3-1-2-4-13(12)18-16(19)23/h1-9,17H. The van der Waals surface area contributed by atoms with Crippen molar-refractivity contribution in [3.8, 4) is 11.3 Å². The largest absolute Gasteiger partial charge is 0.339 e. The smallest absolute Gasteiger partial charge is 0.269 e. The molecule has 0 fully saturated rings. The number of aromatic nitrogens is 3. The lowest BCUT2D eigenvalue weighted by molar-refractivity contribution is -0.384. The minimum absolute atomic E-state index is 0.0635. The Balaban J connectivity index is 1.95. The van der Waals surface area contributed by atoms with Gasteiger partial charge in [-0.15, -0.1) is 0 Å². The summed E-state index contributed by atoms with van der Waals surface area (Å²) in [6.45, 7) is 0. The molecule has 0 saturated heterocycles. The fourth-order valence-electron chi connectivity index (χ4n) is 2.60. The Morgan fingerprint density at radius 1 is 1.13 bits per heavy atom. The number of benzene rings is 2. The maximum atomic E-state index is 10.8. The van der Waals surface area contributed by atoms with E-state index in [9.17, 15) is 10.1 Å². The van der Waals surface area contributed by atoms with Gasteiger partial charge in [0.05, 0.1) is 16.1 Å². The molecule has 0 amide bonds. The average molecular weight is 322 g/mol. The highest BCUT2D eigenvalue weighted by Crippen LogP contribution is 2.25. The number of para-hydroxylation sites is 1. The maximum absolute atomic E-state index is 10.8. The zero-order chi connectivity index (χ0) is 16.0. The minimum atomic E-state index is -0.414. The molecule has 23 heavy (non-hydrogen) atoms. The van der Waals surface area contributed by atoms with Gasteiger partial charge in [-0.3, -0.25) is 14.5 Å². The number of H-pyrrole nitrogens is 1. The summed E-state index contributed by atoms with van der Waals surface area (Å²) >= 11 is 5.34. The fourth-order valence-corrected chi connectivity index (χ4v) is 2.84. The topological polar surface area (TPSA) is 76.2 Å². The van der Waals surface area contributed by atoms with Crippen molar-refractivity contribution >= 4 is 34.5 Å². The van der Waals surface area contributed by atoms with Crippen LogP contribution in [0, 0.1) is 14.9 Å². The van der Waals surface area contributed by atoms with Gasteiger partial charge in [0, 0.05) is 23.7 Å². The number of nitrogens with zero attached hydrogens (tertiary/aromatic N) is 3. The van der Waals surface area contributed by atoms with E-state index in [-0.39, 0.29) is 5.69 Å². The molecule has 0 bridgehead atoms. The monoisotopic (exact) mass is 322 g/mol. The van der Waals surface area contributed by atoms with Crippen LogP contribution in [0.2, 0.25) is 0 Å². The maximum Gasteiger partial charge on any atom is 0.269 e. The van der Waals surface area contributed by atoms with Gasteiger partial charge in [0.2, 0.25) is 4.77 Å². The molecule has 0 unspecified atom stereocenters. The van der Waals surface area contributed by atoms with Crippen molar-refractivity contribution in [2.45, 2.75) is 0 Å². The van der Waals surface area contributed by atoms with E-state index < -0.39 is 4.92 Å². The van der Waals surface area contributed by atoms with Gasteiger partial charge >= 0.3 is 0 Å². The van der Waals surface area contributed by atoms with E-state index in [0.29, 0.717) is 4.77 Å². The van der Waals surface area contributed by atoms with E-state index in [4.69, 9.17) is 12.2 Å². The molecule has 2 aromatic heterocycles. The lowest BCUT2D eigenvalue weighted by Gasteiger charge is -1.99. The van der Waals surface area contributed by atoms with Gasteiger partial charge in [-0.25, -0.2) is 4.98 Å². The van der Waals surface area contributed by atoms with Crippen LogP contribution in [0.25, 0.3) is 27.8 Å². The third-order valence-electron chi connectivity index (χ3n) is 3.72. The van der Waals surface area contributed by atoms with Crippen LogP contribution in [0.5, 0.6) is 0 Å². The zero-order valence-corrected chi connectivity index (χ0v) is 12.6. The first-order chi connectivity index (χ1) is 11.1. The van der Waals surface area contributed by atoms with E-state index in [1.165, 1.54) is 12.1 Å². The highest BCUT2D eigenvalue weighted by molar-refractivity contribution is 7.71. The molecule has 4 aromatic rings. The van der Waals surface area contributed by atoms with Gasteiger partial charge < -0.3 is 4.98 Å². The normalized spacial score (nSPS) is 11.1. The first-order valence-electron chi connectivity index (χ1n) is 6.88. The summed E-state index contributed by atoms with van der Waals surface area (Å²) in [6.07, 6.45) is 1.86. The van der Waals surface area contributed by atoms with Crippen LogP contribution in [0.1, 0.15) is 0 Å². The third kappa shape index (κ3) is 2.18. The molecule has 112 valence electrons. The molecule has 1 N–H and O–H groups in total. The highest BCUT2D eigenvalue weighted by atomic mass is 32.1. The van der Waals surface area contributed by atoms with E-state index in [2.05, 4.69) is 9.97 Å². The molecule has 0 saturated carbocycles. The molecule has 6 nitrogen and oxygen atoms in total. The molecular weight excluding hydrogens is 312 g/mol. The van der Waals surface area contributed by atoms with Crippen molar-refractivity contribution in [2.24, 2.45) is 0 Å². The second-order valence-corrected chi connectivity index (χ2v) is 5.47. The van der Waals surface area contributed by atoms with Crippen LogP contribution in [-0.4, -0.2) is 19.3 Å². The van der Waals surface area contributed by atoms with Crippen molar-refractivity contribution in [3.05, 3.63) is 69.6 Å². The Kier molecular flexibility index (Phi) is 2.95. The number of aromatic amines is 1. The summed E-state index contributed by atoms with van der Waals surface area (Å²) in [4.78, 5) is 18.1. The number of nitro groups is 1. The molecule has 0 aliphatic carbocycles. The molecule has 0 radical (unpaired) electrons. The Bertz CT molecular complexity index is 1110. The van der Waals surface area contributed by atoms with Gasteiger partial charge in [0.15, 0.2) is 0 Å². The quantitative estimate of drug-likeness (QED) is 0.342. The first-order valence-corrected chi connectivity index (χ1v) is 7.29. The number of nitro benzene ring substituents is 1. The van der Waals surface area contributed by atoms with Gasteiger partial charge in [-0.2, -0.15) is 0 Å².